The molecule has 0 aromatic carbocycles. The van der Waals surface area contributed by atoms with Gasteiger partial charge in [0.25, 0.3) is 0 Å². The van der Waals surface area contributed by atoms with Crippen LogP contribution in [0.1, 0.15) is 13.8 Å². The van der Waals surface area contributed by atoms with Crippen molar-refractivity contribution >= 4 is 7.85 Å². The summed E-state index contributed by atoms with van der Waals surface area (Å²) in [5.74, 6) is 0.0461. The quantitative estimate of drug-likeness (QED) is 0.487. The van der Waals surface area contributed by atoms with Gasteiger partial charge in [-0.3, -0.25) is 0 Å². The monoisotopic (exact) mass is 202 g/mol. The van der Waals surface area contributed by atoms with Gasteiger partial charge in [-0.2, -0.15) is 13.2 Å². The molecular formula is C10H14BF3. The van der Waals surface area contributed by atoms with Crippen molar-refractivity contribution in [2.24, 2.45) is 0 Å². The van der Waals surface area contributed by atoms with Crippen LogP contribution in [0.15, 0.2) is 36.0 Å². The molecule has 1 unspecified atom stereocenters. The highest BCUT2D eigenvalue weighted by Crippen LogP contribution is 2.29. The summed E-state index contributed by atoms with van der Waals surface area (Å²) in [4.78, 5) is 0. The standard InChI is InChI=1S/C10H14BF3/c1-4-8(7(3)11)6-9(5-2)10(12,13)14/h4-7H,1,11H2,2-3H3/b8-6+,9-5+. The summed E-state index contributed by atoms with van der Waals surface area (Å²) in [6.45, 7) is 6.69. The fraction of sp³-hybridized carbons (Fsp3) is 0.400. The van der Waals surface area contributed by atoms with Gasteiger partial charge in [0, 0.05) is 0 Å². The van der Waals surface area contributed by atoms with Crippen molar-refractivity contribution in [1.29, 1.82) is 0 Å². The molecule has 0 amide bonds. The molecule has 0 heterocycles. The molecule has 4 heteroatoms. The zero-order chi connectivity index (χ0) is 11.4. The maximum Gasteiger partial charge on any atom is 0.416 e. The Hall–Kier alpha value is -0.925. The van der Waals surface area contributed by atoms with E-state index in [1.54, 1.807) is 0 Å². The van der Waals surface area contributed by atoms with Gasteiger partial charge in [0.2, 0.25) is 0 Å². The third-order valence-corrected chi connectivity index (χ3v) is 1.86. The SMILES string of the molecule is BC(C)/C(C=C)=C/C(=C\C)C(F)(F)F. The van der Waals surface area contributed by atoms with Crippen molar-refractivity contribution in [2.45, 2.75) is 25.8 Å². The predicted octanol–water partition coefficient (Wildman–Crippen LogP) is 3.05. The fourth-order valence-electron chi connectivity index (χ4n) is 0.970. The van der Waals surface area contributed by atoms with E-state index in [-0.39, 0.29) is 5.82 Å². The van der Waals surface area contributed by atoms with Gasteiger partial charge in [-0.15, -0.1) is 0 Å². The van der Waals surface area contributed by atoms with Gasteiger partial charge in [-0.1, -0.05) is 31.2 Å². The summed E-state index contributed by atoms with van der Waals surface area (Å²) >= 11 is 0. The Labute approximate surface area is 83.6 Å². The highest BCUT2D eigenvalue weighted by Gasteiger charge is 2.31. The molecule has 0 fully saturated rings. The molecule has 78 valence electrons. The average molecular weight is 202 g/mol. The molecule has 0 bridgehead atoms. The number of allylic oxidation sites excluding steroid dienone is 5. The van der Waals surface area contributed by atoms with E-state index in [0.29, 0.717) is 5.57 Å². The van der Waals surface area contributed by atoms with E-state index in [2.05, 4.69) is 6.58 Å². The van der Waals surface area contributed by atoms with Crippen LogP contribution in [-0.2, 0) is 0 Å². The molecule has 0 aliphatic rings. The third-order valence-electron chi connectivity index (χ3n) is 1.86. The number of hydrogen-bond donors (Lipinski definition) is 0. The minimum Gasteiger partial charge on any atom is -0.166 e. The summed E-state index contributed by atoms with van der Waals surface area (Å²) in [5.41, 5.74) is -0.0310. The molecule has 0 aliphatic carbocycles. The zero-order valence-corrected chi connectivity index (χ0v) is 8.65. The number of alkyl halides is 3. The van der Waals surface area contributed by atoms with Gasteiger partial charge < -0.3 is 0 Å². The van der Waals surface area contributed by atoms with Crippen LogP contribution in [0.4, 0.5) is 13.2 Å². The van der Waals surface area contributed by atoms with Crippen LogP contribution < -0.4 is 0 Å². The van der Waals surface area contributed by atoms with Crippen molar-refractivity contribution in [3.8, 4) is 0 Å². The Morgan fingerprint density at radius 3 is 2.14 bits per heavy atom. The van der Waals surface area contributed by atoms with Crippen LogP contribution in [-0.4, -0.2) is 14.0 Å². The Morgan fingerprint density at radius 2 is 1.93 bits per heavy atom. The highest BCUT2D eigenvalue weighted by molar-refractivity contribution is 6.13. The van der Waals surface area contributed by atoms with Gasteiger partial charge in [-0.05, 0) is 18.8 Å². The summed E-state index contributed by atoms with van der Waals surface area (Å²) in [7, 11) is 1.83. The van der Waals surface area contributed by atoms with Crippen LogP contribution in [0.5, 0.6) is 0 Å². The molecule has 0 aromatic rings. The van der Waals surface area contributed by atoms with Crippen molar-refractivity contribution in [3.63, 3.8) is 0 Å². The Bertz CT molecular complexity index is 259. The smallest absolute Gasteiger partial charge is 0.166 e. The first kappa shape index (κ1) is 13.1. The van der Waals surface area contributed by atoms with Crippen LogP contribution in [0.3, 0.4) is 0 Å². The van der Waals surface area contributed by atoms with E-state index in [4.69, 9.17) is 0 Å². The molecule has 0 saturated heterocycles. The molecular weight excluding hydrogens is 188 g/mol. The molecule has 0 aromatic heterocycles. The van der Waals surface area contributed by atoms with Crippen LogP contribution in [0, 0.1) is 0 Å². The second-order valence-electron chi connectivity index (χ2n) is 3.24. The number of hydrogen-bond acceptors (Lipinski definition) is 0. The van der Waals surface area contributed by atoms with Gasteiger partial charge in [-0.25, -0.2) is 0 Å². The first-order valence-corrected chi connectivity index (χ1v) is 4.40. The third kappa shape index (κ3) is 3.86. The van der Waals surface area contributed by atoms with Crippen molar-refractivity contribution in [2.75, 3.05) is 0 Å². The lowest BCUT2D eigenvalue weighted by atomic mass is 9.81. The Morgan fingerprint density at radius 1 is 1.43 bits per heavy atom. The van der Waals surface area contributed by atoms with E-state index in [0.717, 1.165) is 12.2 Å². The highest BCUT2D eigenvalue weighted by atomic mass is 19.4. The van der Waals surface area contributed by atoms with E-state index in [1.165, 1.54) is 13.0 Å². The lowest BCUT2D eigenvalue weighted by Gasteiger charge is -2.11. The molecule has 0 spiro atoms. The first-order chi connectivity index (χ1) is 6.32. The normalized spacial score (nSPS) is 16.6. The average Bonchev–Trinajstić information content (AvgIpc) is 2.03. The second kappa shape index (κ2) is 5.08. The molecule has 0 aliphatic heterocycles. The molecule has 0 nitrogen and oxygen atoms in total. The largest absolute Gasteiger partial charge is 0.416 e. The number of halogens is 3. The van der Waals surface area contributed by atoms with Crippen LogP contribution >= 0.6 is 0 Å². The number of rotatable bonds is 3. The first-order valence-electron chi connectivity index (χ1n) is 4.40. The Kier molecular flexibility index (Phi) is 4.74. The molecule has 14 heavy (non-hydrogen) atoms. The Balaban J connectivity index is 5.02. The molecule has 0 saturated carbocycles. The van der Waals surface area contributed by atoms with Crippen molar-refractivity contribution in [3.05, 3.63) is 36.0 Å². The van der Waals surface area contributed by atoms with E-state index >= 15 is 0 Å². The maximum atomic E-state index is 12.3. The van der Waals surface area contributed by atoms with Crippen LogP contribution in [0.25, 0.3) is 0 Å². The summed E-state index contributed by atoms with van der Waals surface area (Å²) in [6.07, 6.45) is -0.624. The van der Waals surface area contributed by atoms with E-state index in [1.807, 2.05) is 14.8 Å². The zero-order valence-electron chi connectivity index (χ0n) is 8.65. The van der Waals surface area contributed by atoms with Gasteiger partial charge in [0.1, 0.15) is 7.85 Å². The van der Waals surface area contributed by atoms with E-state index < -0.39 is 11.7 Å². The topological polar surface area (TPSA) is 0 Å². The fourth-order valence-corrected chi connectivity index (χ4v) is 0.970. The molecule has 0 N–H and O–H groups in total. The second-order valence-corrected chi connectivity index (χ2v) is 3.24. The molecule has 1 atom stereocenters. The van der Waals surface area contributed by atoms with Crippen molar-refractivity contribution in [1.82, 2.24) is 0 Å². The minimum atomic E-state index is -4.28. The summed E-state index contributed by atoms with van der Waals surface area (Å²) in [5, 5.41) is 0. The summed E-state index contributed by atoms with van der Waals surface area (Å²) < 4.78 is 37.0. The lowest BCUT2D eigenvalue weighted by molar-refractivity contribution is -0.0883. The predicted molar refractivity (Wildman–Crippen MR) is 56.1 cm³/mol. The van der Waals surface area contributed by atoms with Crippen molar-refractivity contribution < 1.29 is 13.2 Å². The van der Waals surface area contributed by atoms with Gasteiger partial charge in [0.15, 0.2) is 0 Å². The molecule has 0 rings (SSSR count). The van der Waals surface area contributed by atoms with Crippen LogP contribution in [0.2, 0.25) is 5.82 Å². The minimum absolute atomic E-state index is 0.0461. The van der Waals surface area contributed by atoms with E-state index in [9.17, 15) is 13.2 Å². The van der Waals surface area contributed by atoms with Gasteiger partial charge in [0.05, 0.1) is 5.57 Å². The summed E-state index contributed by atoms with van der Waals surface area (Å²) in [6, 6.07) is 0. The van der Waals surface area contributed by atoms with Gasteiger partial charge >= 0.3 is 6.18 Å². The maximum absolute atomic E-state index is 12.3. The lowest BCUT2D eigenvalue weighted by Crippen LogP contribution is -2.10. The molecule has 0 radical (unpaired) electrons.